The standard InChI is InChI=1S/C16H19N3S.2ClH/c1-2-4-11(5-3-1)15-10-18-16(20-15)19-14-6-12-8-17-9-13(12)7-14;;/h1-5,10,12-14,17H,6-9H2,(H,18,19);2*1H. The Morgan fingerprint density at radius 3 is 2.41 bits per heavy atom. The molecule has 1 aromatic heterocycles. The number of nitrogens with zero attached hydrogens (tertiary/aromatic N) is 1. The molecule has 2 N–H and O–H groups in total. The second-order valence-corrected chi connectivity index (χ2v) is 6.92. The van der Waals surface area contributed by atoms with E-state index >= 15 is 0 Å². The lowest BCUT2D eigenvalue weighted by atomic mass is 10.0. The van der Waals surface area contributed by atoms with Crippen molar-refractivity contribution in [3.05, 3.63) is 36.5 Å². The number of anilines is 1. The van der Waals surface area contributed by atoms with Gasteiger partial charge in [0.2, 0.25) is 0 Å². The SMILES string of the molecule is Cl.Cl.c1ccc(-c2cnc(NC3CC4CNCC4C3)s2)cc1. The molecule has 2 aromatic rings. The molecular weight excluding hydrogens is 337 g/mol. The first kappa shape index (κ1) is 17.5. The first-order valence-corrected chi connectivity index (χ1v) is 8.18. The van der Waals surface area contributed by atoms with Crippen LogP contribution < -0.4 is 10.6 Å². The molecule has 1 aromatic carbocycles. The summed E-state index contributed by atoms with van der Waals surface area (Å²) >= 11 is 1.76. The predicted octanol–water partition coefficient (Wildman–Crippen LogP) is 4.06. The molecule has 22 heavy (non-hydrogen) atoms. The average molecular weight is 358 g/mol. The van der Waals surface area contributed by atoms with E-state index in [2.05, 4.69) is 45.9 Å². The summed E-state index contributed by atoms with van der Waals surface area (Å²) in [6.45, 7) is 2.41. The topological polar surface area (TPSA) is 37.0 Å². The zero-order chi connectivity index (χ0) is 13.4. The van der Waals surface area contributed by atoms with Gasteiger partial charge < -0.3 is 10.6 Å². The van der Waals surface area contributed by atoms with Crippen molar-refractivity contribution >= 4 is 41.3 Å². The first-order valence-electron chi connectivity index (χ1n) is 7.37. The van der Waals surface area contributed by atoms with E-state index in [1.54, 1.807) is 11.3 Å². The molecule has 2 heterocycles. The van der Waals surface area contributed by atoms with Crippen LogP contribution in [-0.2, 0) is 0 Å². The quantitative estimate of drug-likeness (QED) is 0.869. The minimum atomic E-state index is 0. The third kappa shape index (κ3) is 3.57. The van der Waals surface area contributed by atoms with E-state index in [-0.39, 0.29) is 24.8 Å². The van der Waals surface area contributed by atoms with Crippen LogP contribution in [0, 0.1) is 11.8 Å². The van der Waals surface area contributed by atoms with Gasteiger partial charge in [-0.15, -0.1) is 24.8 Å². The Kier molecular flexibility index (Phi) is 6.09. The van der Waals surface area contributed by atoms with Crippen molar-refractivity contribution < 1.29 is 0 Å². The monoisotopic (exact) mass is 357 g/mol. The molecule has 4 rings (SSSR count). The number of hydrogen-bond donors (Lipinski definition) is 2. The van der Waals surface area contributed by atoms with Crippen molar-refractivity contribution in [2.75, 3.05) is 18.4 Å². The zero-order valence-electron chi connectivity index (χ0n) is 12.2. The van der Waals surface area contributed by atoms with Gasteiger partial charge in [-0.05, 0) is 43.3 Å². The number of thiazole rings is 1. The van der Waals surface area contributed by atoms with Crippen molar-refractivity contribution in [3.8, 4) is 10.4 Å². The van der Waals surface area contributed by atoms with E-state index in [1.807, 2.05) is 6.20 Å². The van der Waals surface area contributed by atoms with Crippen LogP contribution >= 0.6 is 36.2 Å². The summed E-state index contributed by atoms with van der Waals surface area (Å²) in [6, 6.07) is 11.1. The van der Waals surface area contributed by atoms with Crippen LogP contribution in [0.25, 0.3) is 10.4 Å². The molecule has 3 nitrogen and oxygen atoms in total. The molecule has 1 aliphatic carbocycles. The highest BCUT2D eigenvalue weighted by atomic mass is 35.5. The van der Waals surface area contributed by atoms with Crippen LogP contribution in [0.4, 0.5) is 5.13 Å². The lowest BCUT2D eigenvalue weighted by Gasteiger charge is -2.12. The maximum absolute atomic E-state index is 4.54. The molecule has 2 unspecified atom stereocenters. The highest BCUT2D eigenvalue weighted by molar-refractivity contribution is 7.18. The number of rotatable bonds is 3. The summed E-state index contributed by atoms with van der Waals surface area (Å²) in [7, 11) is 0. The van der Waals surface area contributed by atoms with Crippen LogP contribution in [-0.4, -0.2) is 24.1 Å². The van der Waals surface area contributed by atoms with E-state index in [9.17, 15) is 0 Å². The number of benzene rings is 1. The number of nitrogens with one attached hydrogen (secondary N) is 2. The molecule has 1 saturated carbocycles. The van der Waals surface area contributed by atoms with Gasteiger partial charge >= 0.3 is 0 Å². The van der Waals surface area contributed by atoms with Crippen molar-refractivity contribution in [2.24, 2.45) is 11.8 Å². The molecule has 1 aliphatic heterocycles. The fraction of sp³-hybridized carbons (Fsp3) is 0.438. The first-order chi connectivity index (χ1) is 9.88. The summed E-state index contributed by atoms with van der Waals surface area (Å²) in [5, 5.41) is 8.20. The minimum Gasteiger partial charge on any atom is -0.359 e. The van der Waals surface area contributed by atoms with Crippen LogP contribution in [0.3, 0.4) is 0 Å². The van der Waals surface area contributed by atoms with E-state index in [1.165, 1.54) is 36.4 Å². The Morgan fingerprint density at radius 2 is 1.73 bits per heavy atom. The molecule has 2 atom stereocenters. The fourth-order valence-electron chi connectivity index (χ4n) is 3.54. The predicted molar refractivity (Wildman–Crippen MR) is 98.5 cm³/mol. The van der Waals surface area contributed by atoms with Gasteiger partial charge in [0.05, 0.1) is 4.88 Å². The molecule has 1 saturated heterocycles. The average Bonchev–Trinajstić information content (AvgIpc) is 3.16. The Bertz CT molecular complexity index is 578. The zero-order valence-corrected chi connectivity index (χ0v) is 14.6. The van der Waals surface area contributed by atoms with Crippen molar-refractivity contribution in [1.29, 1.82) is 0 Å². The number of halogens is 2. The van der Waals surface area contributed by atoms with Gasteiger partial charge in [-0.3, -0.25) is 0 Å². The van der Waals surface area contributed by atoms with E-state index in [0.717, 1.165) is 17.0 Å². The largest absolute Gasteiger partial charge is 0.359 e. The number of hydrogen-bond acceptors (Lipinski definition) is 4. The van der Waals surface area contributed by atoms with Gasteiger partial charge in [0.15, 0.2) is 5.13 Å². The van der Waals surface area contributed by atoms with Crippen LogP contribution in [0.1, 0.15) is 12.8 Å². The Hall–Kier alpha value is -0.810. The molecule has 0 spiro atoms. The molecule has 0 radical (unpaired) electrons. The molecule has 2 aliphatic rings. The Balaban J connectivity index is 0.000000882. The molecular formula is C16H21Cl2N3S. The smallest absolute Gasteiger partial charge is 0.183 e. The highest BCUT2D eigenvalue weighted by Gasteiger charge is 2.37. The molecule has 120 valence electrons. The van der Waals surface area contributed by atoms with Gasteiger partial charge in [-0.25, -0.2) is 4.98 Å². The summed E-state index contributed by atoms with van der Waals surface area (Å²) < 4.78 is 0. The van der Waals surface area contributed by atoms with Crippen LogP contribution in [0.5, 0.6) is 0 Å². The van der Waals surface area contributed by atoms with Crippen molar-refractivity contribution in [1.82, 2.24) is 10.3 Å². The van der Waals surface area contributed by atoms with Gasteiger partial charge in [-0.1, -0.05) is 41.7 Å². The Labute approximate surface area is 147 Å². The van der Waals surface area contributed by atoms with E-state index in [4.69, 9.17) is 0 Å². The van der Waals surface area contributed by atoms with Crippen LogP contribution in [0.2, 0.25) is 0 Å². The molecule has 6 heteroatoms. The maximum atomic E-state index is 4.54. The maximum Gasteiger partial charge on any atom is 0.183 e. The van der Waals surface area contributed by atoms with Gasteiger partial charge in [0.1, 0.15) is 0 Å². The third-order valence-electron chi connectivity index (χ3n) is 4.55. The lowest BCUT2D eigenvalue weighted by Crippen LogP contribution is -2.20. The summed E-state index contributed by atoms with van der Waals surface area (Å²) in [5.41, 5.74) is 1.26. The van der Waals surface area contributed by atoms with Crippen molar-refractivity contribution in [2.45, 2.75) is 18.9 Å². The second kappa shape index (κ2) is 7.64. The lowest BCUT2D eigenvalue weighted by molar-refractivity contribution is 0.494. The van der Waals surface area contributed by atoms with Crippen molar-refractivity contribution in [3.63, 3.8) is 0 Å². The normalized spacial score (nSPS) is 25.9. The van der Waals surface area contributed by atoms with Crippen LogP contribution in [0.15, 0.2) is 36.5 Å². The molecule has 2 fully saturated rings. The van der Waals surface area contributed by atoms with Gasteiger partial charge in [0, 0.05) is 12.2 Å². The van der Waals surface area contributed by atoms with E-state index in [0.29, 0.717) is 6.04 Å². The summed E-state index contributed by atoms with van der Waals surface area (Å²) in [4.78, 5) is 5.79. The second-order valence-electron chi connectivity index (χ2n) is 5.89. The van der Waals surface area contributed by atoms with Gasteiger partial charge in [0.25, 0.3) is 0 Å². The Morgan fingerprint density at radius 1 is 1.05 bits per heavy atom. The number of aromatic nitrogens is 1. The minimum absolute atomic E-state index is 0. The van der Waals surface area contributed by atoms with Gasteiger partial charge in [-0.2, -0.15) is 0 Å². The molecule has 0 amide bonds. The number of fused-ring (bicyclic) bond motifs is 1. The third-order valence-corrected chi connectivity index (χ3v) is 5.52. The summed E-state index contributed by atoms with van der Waals surface area (Å²) in [6.07, 6.45) is 4.56. The van der Waals surface area contributed by atoms with E-state index < -0.39 is 0 Å². The molecule has 0 bridgehead atoms. The highest BCUT2D eigenvalue weighted by Crippen LogP contribution is 2.37. The summed E-state index contributed by atoms with van der Waals surface area (Å²) in [5.74, 6) is 1.75. The fourth-order valence-corrected chi connectivity index (χ4v) is 4.43.